The molecule has 0 spiro atoms. The summed E-state index contributed by atoms with van der Waals surface area (Å²) in [5.41, 5.74) is 0. The highest BCUT2D eigenvalue weighted by atomic mass is 32.2. The van der Waals surface area contributed by atoms with Crippen LogP contribution in [0.25, 0.3) is 0 Å². The summed E-state index contributed by atoms with van der Waals surface area (Å²) >= 11 is 0. The number of rotatable bonds is 4. The van der Waals surface area contributed by atoms with Crippen LogP contribution in [0.3, 0.4) is 0 Å². The summed E-state index contributed by atoms with van der Waals surface area (Å²) in [5, 5.41) is 5.71. The summed E-state index contributed by atoms with van der Waals surface area (Å²) in [6.07, 6.45) is -1.54. The van der Waals surface area contributed by atoms with Crippen molar-refractivity contribution in [2.75, 3.05) is 6.54 Å². The van der Waals surface area contributed by atoms with Crippen molar-refractivity contribution in [3.63, 3.8) is 0 Å². The minimum Gasteiger partial charge on any atom is -0.284 e. The number of nitrogens with zero attached hydrogens (tertiary/aromatic N) is 2. The Hall–Kier alpha value is -1.09. The van der Waals surface area contributed by atoms with Crippen molar-refractivity contribution in [2.45, 2.75) is 30.0 Å². The zero-order valence-corrected chi connectivity index (χ0v) is 9.42. The standard InChI is InChI=1S/C8H10F3N3O2S/c9-8(10,11)5-14(6-1-2-6)17(15,16)7-3-12-13-4-7/h3-4,6H,1-2,5H2,(H,12,13). The molecule has 2 rings (SSSR count). The average Bonchev–Trinajstić information content (AvgIpc) is 2.86. The Labute approximate surface area is 95.7 Å². The number of H-pyrrole nitrogens is 1. The molecule has 1 aromatic heterocycles. The molecule has 9 heteroatoms. The van der Waals surface area contributed by atoms with E-state index in [0.29, 0.717) is 17.1 Å². The largest absolute Gasteiger partial charge is 0.402 e. The molecule has 96 valence electrons. The quantitative estimate of drug-likeness (QED) is 0.891. The van der Waals surface area contributed by atoms with E-state index in [9.17, 15) is 21.6 Å². The van der Waals surface area contributed by atoms with Crippen LogP contribution < -0.4 is 0 Å². The fourth-order valence-electron chi connectivity index (χ4n) is 1.47. The monoisotopic (exact) mass is 269 g/mol. The Balaban J connectivity index is 2.28. The number of halogens is 3. The van der Waals surface area contributed by atoms with Crippen molar-refractivity contribution >= 4 is 10.0 Å². The van der Waals surface area contributed by atoms with E-state index < -0.39 is 28.8 Å². The van der Waals surface area contributed by atoms with Crippen LogP contribution in [0.15, 0.2) is 17.3 Å². The average molecular weight is 269 g/mol. The van der Waals surface area contributed by atoms with Crippen molar-refractivity contribution in [1.82, 2.24) is 14.5 Å². The maximum atomic E-state index is 12.3. The molecule has 1 saturated carbocycles. The Morgan fingerprint density at radius 3 is 2.53 bits per heavy atom. The molecule has 0 saturated heterocycles. The number of hydrogen-bond acceptors (Lipinski definition) is 3. The van der Waals surface area contributed by atoms with Crippen LogP contribution in [0.1, 0.15) is 12.8 Å². The first-order valence-electron chi connectivity index (χ1n) is 4.88. The van der Waals surface area contributed by atoms with E-state index in [0.717, 1.165) is 12.4 Å². The minimum absolute atomic E-state index is 0.242. The minimum atomic E-state index is -4.54. The lowest BCUT2D eigenvalue weighted by molar-refractivity contribution is -0.137. The lowest BCUT2D eigenvalue weighted by Gasteiger charge is -2.22. The fraction of sp³-hybridized carbons (Fsp3) is 0.625. The van der Waals surface area contributed by atoms with E-state index in [1.54, 1.807) is 0 Å². The van der Waals surface area contributed by atoms with E-state index in [-0.39, 0.29) is 4.90 Å². The van der Waals surface area contributed by atoms with Crippen molar-refractivity contribution in [3.05, 3.63) is 12.4 Å². The molecule has 1 aromatic rings. The third-order valence-corrected chi connectivity index (χ3v) is 4.23. The predicted octanol–water partition coefficient (Wildman–Crippen LogP) is 1.13. The molecule has 1 fully saturated rings. The van der Waals surface area contributed by atoms with Gasteiger partial charge in [-0.15, -0.1) is 0 Å². The van der Waals surface area contributed by atoms with Gasteiger partial charge in [0.25, 0.3) is 0 Å². The Morgan fingerprint density at radius 1 is 1.47 bits per heavy atom. The Kier molecular flexibility index (Phi) is 2.90. The summed E-state index contributed by atoms with van der Waals surface area (Å²) in [7, 11) is -4.11. The molecule has 0 atom stereocenters. The molecule has 0 bridgehead atoms. The summed E-state index contributed by atoms with van der Waals surface area (Å²) in [6, 6.07) is -0.545. The van der Waals surface area contributed by atoms with Gasteiger partial charge in [0.1, 0.15) is 11.4 Å². The van der Waals surface area contributed by atoms with Gasteiger partial charge in [0.05, 0.1) is 6.20 Å². The topological polar surface area (TPSA) is 66.1 Å². The number of sulfonamides is 1. The van der Waals surface area contributed by atoms with Gasteiger partial charge in [0.2, 0.25) is 10.0 Å². The molecule has 5 nitrogen and oxygen atoms in total. The van der Waals surface area contributed by atoms with Crippen molar-refractivity contribution in [3.8, 4) is 0 Å². The van der Waals surface area contributed by atoms with Crippen LogP contribution in [-0.2, 0) is 10.0 Å². The SMILES string of the molecule is O=S(=O)(c1cn[nH]c1)N(CC(F)(F)F)C1CC1. The molecular formula is C8H10F3N3O2S. The van der Waals surface area contributed by atoms with Crippen LogP contribution in [0.2, 0.25) is 0 Å². The van der Waals surface area contributed by atoms with Gasteiger partial charge in [-0.2, -0.15) is 22.6 Å². The smallest absolute Gasteiger partial charge is 0.284 e. The molecule has 0 aromatic carbocycles. The molecule has 17 heavy (non-hydrogen) atoms. The molecule has 0 amide bonds. The Morgan fingerprint density at radius 2 is 2.12 bits per heavy atom. The molecule has 0 radical (unpaired) electrons. The van der Waals surface area contributed by atoms with Crippen molar-refractivity contribution in [2.24, 2.45) is 0 Å². The van der Waals surface area contributed by atoms with E-state index in [4.69, 9.17) is 0 Å². The highest BCUT2D eigenvalue weighted by Crippen LogP contribution is 2.34. The van der Waals surface area contributed by atoms with Gasteiger partial charge < -0.3 is 0 Å². The van der Waals surface area contributed by atoms with E-state index >= 15 is 0 Å². The van der Waals surface area contributed by atoms with E-state index in [2.05, 4.69) is 10.2 Å². The van der Waals surface area contributed by atoms with Crippen LogP contribution in [0, 0.1) is 0 Å². The van der Waals surface area contributed by atoms with Gasteiger partial charge in [0.15, 0.2) is 0 Å². The Bertz CT molecular complexity index is 479. The first-order valence-corrected chi connectivity index (χ1v) is 6.32. The molecule has 0 aliphatic heterocycles. The first kappa shape index (κ1) is 12.4. The third-order valence-electron chi connectivity index (χ3n) is 2.37. The maximum Gasteiger partial charge on any atom is 0.402 e. The lowest BCUT2D eigenvalue weighted by atomic mass is 10.6. The van der Waals surface area contributed by atoms with Crippen LogP contribution in [-0.4, -0.2) is 41.7 Å². The van der Waals surface area contributed by atoms with Gasteiger partial charge >= 0.3 is 6.18 Å². The lowest BCUT2D eigenvalue weighted by Crippen LogP contribution is -2.40. The first-order chi connectivity index (χ1) is 7.81. The van der Waals surface area contributed by atoms with Crippen molar-refractivity contribution < 1.29 is 21.6 Å². The zero-order valence-electron chi connectivity index (χ0n) is 8.61. The van der Waals surface area contributed by atoms with Gasteiger partial charge in [0, 0.05) is 12.2 Å². The highest BCUT2D eigenvalue weighted by Gasteiger charge is 2.44. The second-order valence-electron chi connectivity index (χ2n) is 3.83. The zero-order chi connectivity index (χ0) is 12.7. The highest BCUT2D eigenvalue weighted by molar-refractivity contribution is 7.89. The molecule has 0 unspecified atom stereocenters. The summed E-state index contributed by atoms with van der Waals surface area (Å²) in [5.74, 6) is 0. The van der Waals surface area contributed by atoms with Gasteiger partial charge in [-0.1, -0.05) is 0 Å². The van der Waals surface area contributed by atoms with Crippen LogP contribution in [0.4, 0.5) is 13.2 Å². The molecule has 1 N–H and O–H groups in total. The predicted molar refractivity (Wildman–Crippen MR) is 51.6 cm³/mol. The number of alkyl halides is 3. The van der Waals surface area contributed by atoms with Gasteiger partial charge in [-0.05, 0) is 12.8 Å². The second-order valence-corrected chi connectivity index (χ2v) is 5.72. The van der Waals surface area contributed by atoms with Gasteiger partial charge in [-0.3, -0.25) is 5.10 Å². The van der Waals surface area contributed by atoms with Crippen molar-refractivity contribution in [1.29, 1.82) is 0 Å². The molecular weight excluding hydrogens is 259 g/mol. The summed E-state index contributed by atoms with van der Waals surface area (Å²) in [4.78, 5) is -0.242. The second kappa shape index (κ2) is 3.98. The molecule has 1 aliphatic carbocycles. The van der Waals surface area contributed by atoms with E-state index in [1.165, 1.54) is 0 Å². The maximum absolute atomic E-state index is 12.3. The fourth-order valence-corrected chi connectivity index (χ4v) is 3.04. The summed E-state index contributed by atoms with van der Waals surface area (Å²) in [6.45, 7) is -1.45. The van der Waals surface area contributed by atoms with Crippen LogP contribution in [0.5, 0.6) is 0 Å². The number of aromatic nitrogens is 2. The number of hydrogen-bond donors (Lipinski definition) is 1. The molecule has 1 aliphatic rings. The summed E-state index contributed by atoms with van der Waals surface area (Å²) < 4.78 is 61.3. The van der Waals surface area contributed by atoms with E-state index in [1.807, 2.05) is 0 Å². The molecule has 1 heterocycles. The normalized spacial score (nSPS) is 17.6. The number of aromatic amines is 1. The van der Waals surface area contributed by atoms with Gasteiger partial charge in [-0.25, -0.2) is 8.42 Å². The van der Waals surface area contributed by atoms with Crippen LogP contribution >= 0.6 is 0 Å². The third kappa shape index (κ3) is 2.78. The number of nitrogens with one attached hydrogen (secondary N) is 1.